The zero-order valence-electron chi connectivity index (χ0n) is 11.1. The lowest BCUT2D eigenvalue weighted by atomic mass is 9.93. The lowest BCUT2D eigenvalue weighted by Gasteiger charge is -2.33. The maximum Gasteiger partial charge on any atom is 0.305 e. The van der Waals surface area contributed by atoms with E-state index in [1.165, 1.54) is 0 Å². The first-order chi connectivity index (χ1) is 8.83. The molecule has 1 N–H and O–H groups in total. The van der Waals surface area contributed by atoms with Gasteiger partial charge in [-0.05, 0) is 45.3 Å². The summed E-state index contributed by atoms with van der Waals surface area (Å²) in [6.07, 6.45) is -0.0129. The third-order valence-corrected chi connectivity index (χ3v) is 3.98. The second kappa shape index (κ2) is 4.98. The molecule has 1 aromatic carbocycles. The van der Waals surface area contributed by atoms with E-state index < -0.39 is 11.5 Å². The normalized spacial score (nSPS) is 14.8. The summed E-state index contributed by atoms with van der Waals surface area (Å²) in [6, 6.07) is 7.64. The molecular weight excluding hydrogens is 310 g/mol. The molecule has 1 atom stereocenters. The zero-order valence-corrected chi connectivity index (χ0v) is 12.7. The second-order valence-corrected chi connectivity index (χ2v) is 5.95. The van der Waals surface area contributed by atoms with Crippen LogP contribution in [0.5, 0.6) is 0 Å². The lowest BCUT2D eigenvalue weighted by Crippen LogP contribution is -2.40. The van der Waals surface area contributed by atoms with Crippen molar-refractivity contribution < 1.29 is 14.3 Å². The number of fused-ring (bicyclic) bond motifs is 1. The molecule has 19 heavy (non-hydrogen) atoms. The fourth-order valence-electron chi connectivity index (χ4n) is 2.04. The number of carboxylic acid groups (broad SMARTS) is 1. The summed E-state index contributed by atoms with van der Waals surface area (Å²) in [6.45, 7) is 1.87. The number of hydrogen-bond donors (Lipinski definition) is 1. The fourth-order valence-corrected chi connectivity index (χ4v) is 2.42. The van der Waals surface area contributed by atoms with Crippen molar-refractivity contribution in [2.45, 2.75) is 18.9 Å². The average Bonchev–Trinajstić information content (AvgIpc) is 2.70. The summed E-state index contributed by atoms with van der Waals surface area (Å²) in [5.74, 6) is -0.189. The second-order valence-electron chi connectivity index (χ2n) is 5.03. The fraction of sp³-hybridized carbons (Fsp3) is 0.357. The summed E-state index contributed by atoms with van der Waals surface area (Å²) in [5, 5.41) is 10.1. The van der Waals surface area contributed by atoms with E-state index in [2.05, 4.69) is 15.9 Å². The molecule has 0 aliphatic rings. The molecule has 0 aliphatic carbocycles. The van der Waals surface area contributed by atoms with Gasteiger partial charge in [0.2, 0.25) is 0 Å². The molecule has 0 saturated heterocycles. The Bertz CT molecular complexity index is 620. The van der Waals surface area contributed by atoms with Crippen molar-refractivity contribution in [2.24, 2.45) is 0 Å². The van der Waals surface area contributed by atoms with Gasteiger partial charge in [0.15, 0.2) is 0 Å². The predicted octanol–water partition coefficient (Wildman–Crippen LogP) is 3.45. The highest BCUT2D eigenvalue weighted by Gasteiger charge is 2.35. The maximum absolute atomic E-state index is 11.1. The first kappa shape index (κ1) is 14.1. The van der Waals surface area contributed by atoms with Crippen LogP contribution in [0.15, 0.2) is 33.2 Å². The molecule has 1 unspecified atom stereocenters. The molecule has 0 radical (unpaired) electrons. The van der Waals surface area contributed by atoms with Crippen LogP contribution in [0.1, 0.15) is 19.1 Å². The van der Waals surface area contributed by atoms with Crippen molar-refractivity contribution in [3.05, 3.63) is 34.5 Å². The van der Waals surface area contributed by atoms with E-state index in [1.807, 2.05) is 50.2 Å². The Hall–Kier alpha value is -1.33. The van der Waals surface area contributed by atoms with E-state index in [0.29, 0.717) is 5.76 Å². The molecule has 1 heterocycles. The van der Waals surface area contributed by atoms with Crippen LogP contribution < -0.4 is 0 Å². The minimum atomic E-state index is -0.849. The van der Waals surface area contributed by atoms with Gasteiger partial charge < -0.3 is 9.52 Å². The Morgan fingerprint density at radius 3 is 2.68 bits per heavy atom. The predicted molar refractivity (Wildman–Crippen MR) is 77.2 cm³/mol. The molecule has 102 valence electrons. The Kier molecular flexibility index (Phi) is 3.69. The third-order valence-electron chi connectivity index (χ3n) is 3.49. The van der Waals surface area contributed by atoms with Crippen LogP contribution in [0.2, 0.25) is 0 Å². The quantitative estimate of drug-likeness (QED) is 0.935. The average molecular weight is 326 g/mol. The van der Waals surface area contributed by atoms with Gasteiger partial charge in [-0.3, -0.25) is 9.69 Å². The van der Waals surface area contributed by atoms with Crippen molar-refractivity contribution in [3.63, 3.8) is 0 Å². The minimum Gasteiger partial charge on any atom is -0.481 e. The van der Waals surface area contributed by atoms with Crippen molar-refractivity contribution in [2.75, 3.05) is 14.1 Å². The Labute approximate surface area is 120 Å². The highest BCUT2D eigenvalue weighted by molar-refractivity contribution is 9.10. The van der Waals surface area contributed by atoms with E-state index in [-0.39, 0.29) is 6.42 Å². The van der Waals surface area contributed by atoms with E-state index >= 15 is 0 Å². The Morgan fingerprint density at radius 2 is 2.11 bits per heavy atom. The first-order valence-electron chi connectivity index (χ1n) is 5.92. The van der Waals surface area contributed by atoms with Crippen molar-refractivity contribution in [3.8, 4) is 0 Å². The number of carbonyl (C=O) groups is 1. The number of aliphatic carboxylic acids is 1. The van der Waals surface area contributed by atoms with Crippen molar-refractivity contribution in [1.82, 2.24) is 4.90 Å². The van der Waals surface area contributed by atoms with E-state index in [9.17, 15) is 4.79 Å². The van der Waals surface area contributed by atoms with E-state index in [0.717, 1.165) is 15.4 Å². The topological polar surface area (TPSA) is 53.7 Å². The first-order valence-corrected chi connectivity index (χ1v) is 6.71. The number of furan rings is 1. The number of rotatable bonds is 4. The molecule has 0 amide bonds. The summed E-state index contributed by atoms with van der Waals surface area (Å²) in [5.41, 5.74) is 0.0915. The summed E-state index contributed by atoms with van der Waals surface area (Å²) in [4.78, 5) is 13.0. The van der Waals surface area contributed by atoms with Gasteiger partial charge in [0.05, 0.1) is 12.0 Å². The van der Waals surface area contributed by atoms with Crippen LogP contribution in [0.4, 0.5) is 0 Å². The molecule has 0 saturated carbocycles. The zero-order chi connectivity index (χ0) is 14.2. The number of hydrogen-bond acceptors (Lipinski definition) is 3. The standard InChI is InChI=1S/C14H16BrNO3/c1-14(16(2)3,8-13(17)18)12-7-9-6-10(15)4-5-11(9)19-12/h4-7H,8H2,1-3H3,(H,17,18). The van der Waals surface area contributed by atoms with E-state index in [4.69, 9.17) is 9.52 Å². The third kappa shape index (κ3) is 2.67. The van der Waals surface area contributed by atoms with Crippen LogP contribution in [0.25, 0.3) is 11.0 Å². The van der Waals surface area contributed by atoms with Crippen LogP contribution in [0.3, 0.4) is 0 Å². The molecule has 4 nitrogen and oxygen atoms in total. The largest absolute Gasteiger partial charge is 0.481 e. The maximum atomic E-state index is 11.1. The molecule has 2 aromatic rings. The Balaban J connectivity index is 2.53. The van der Waals surface area contributed by atoms with Gasteiger partial charge in [0, 0.05) is 9.86 Å². The van der Waals surface area contributed by atoms with Gasteiger partial charge in [-0.15, -0.1) is 0 Å². The smallest absolute Gasteiger partial charge is 0.305 e. The molecular formula is C14H16BrNO3. The SMILES string of the molecule is CN(C)C(C)(CC(=O)O)c1cc2cc(Br)ccc2o1. The van der Waals surface area contributed by atoms with Gasteiger partial charge in [-0.2, -0.15) is 0 Å². The van der Waals surface area contributed by atoms with Crippen LogP contribution in [0, 0.1) is 0 Å². The Morgan fingerprint density at radius 1 is 1.42 bits per heavy atom. The summed E-state index contributed by atoms with van der Waals surface area (Å²) < 4.78 is 6.79. The minimum absolute atomic E-state index is 0.0129. The summed E-state index contributed by atoms with van der Waals surface area (Å²) in [7, 11) is 3.71. The van der Waals surface area contributed by atoms with Gasteiger partial charge in [-0.25, -0.2) is 0 Å². The molecule has 0 fully saturated rings. The van der Waals surface area contributed by atoms with Gasteiger partial charge in [0.1, 0.15) is 11.3 Å². The molecule has 1 aromatic heterocycles. The van der Waals surface area contributed by atoms with Crippen LogP contribution >= 0.6 is 15.9 Å². The van der Waals surface area contributed by atoms with E-state index in [1.54, 1.807) is 0 Å². The highest BCUT2D eigenvalue weighted by atomic mass is 79.9. The molecule has 2 rings (SSSR count). The van der Waals surface area contributed by atoms with Gasteiger partial charge in [0.25, 0.3) is 0 Å². The van der Waals surface area contributed by atoms with Crippen molar-refractivity contribution in [1.29, 1.82) is 0 Å². The number of nitrogens with zero attached hydrogens (tertiary/aromatic N) is 1. The molecule has 0 spiro atoms. The van der Waals surface area contributed by atoms with Crippen molar-refractivity contribution >= 4 is 32.9 Å². The molecule has 0 aliphatic heterocycles. The number of carboxylic acids is 1. The summed E-state index contributed by atoms with van der Waals surface area (Å²) >= 11 is 3.42. The van der Waals surface area contributed by atoms with Crippen LogP contribution in [-0.4, -0.2) is 30.1 Å². The molecule has 0 bridgehead atoms. The number of halogens is 1. The number of benzene rings is 1. The lowest BCUT2D eigenvalue weighted by molar-refractivity contribution is -0.140. The van der Waals surface area contributed by atoms with Gasteiger partial charge >= 0.3 is 5.97 Å². The monoisotopic (exact) mass is 325 g/mol. The van der Waals surface area contributed by atoms with Gasteiger partial charge in [-0.1, -0.05) is 15.9 Å². The molecule has 5 heteroatoms. The highest BCUT2D eigenvalue weighted by Crippen LogP contribution is 2.34. The van der Waals surface area contributed by atoms with Crippen LogP contribution in [-0.2, 0) is 10.3 Å².